The van der Waals surface area contributed by atoms with Gasteiger partial charge < -0.3 is 4.74 Å². The first-order valence-electron chi connectivity index (χ1n) is 7.38. The maximum absolute atomic E-state index is 11.2. The quantitative estimate of drug-likeness (QED) is 0.384. The molecule has 0 aromatic rings. The maximum Gasteiger partial charge on any atom is 0.317 e. The minimum absolute atomic E-state index is 0.163. The van der Waals surface area contributed by atoms with Crippen LogP contribution >= 0.6 is 0 Å². The van der Waals surface area contributed by atoms with Crippen LogP contribution in [0.1, 0.15) is 54.4 Å². The van der Waals surface area contributed by atoms with Gasteiger partial charge in [0.2, 0.25) is 0 Å². The Balaban J connectivity index is 0.000000220. The van der Waals surface area contributed by atoms with Crippen molar-refractivity contribution in [2.45, 2.75) is 59.6 Å². The summed E-state index contributed by atoms with van der Waals surface area (Å²) in [6.07, 6.45) is 0.869. The van der Waals surface area contributed by atoms with Crippen molar-refractivity contribution in [1.29, 1.82) is 0 Å². The first-order chi connectivity index (χ1) is 9.75. The summed E-state index contributed by atoms with van der Waals surface area (Å²) in [7, 11) is -3.24. The van der Waals surface area contributed by atoms with Crippen LogP contribution in [0.5, 0.6) is 0 Å². The third-order valence-corrected chi connectivity index (χ3v) is 5.99. The largest absolute Gasteiger partial charge is 0.393 e. The van der Waals surface area contributed by atoms with Crippen molar-refractivity contribution in [3.05, 3.63) is 0 Å². The minimum Gasteiger partial charge on any atom is -0.393 e. The van der Waals surface area contributed by atoms with Crippen molar-refractivity contribution in [2.24, 2.45) is 16.7 Å². The second-order valence-corrected chi connectivity index (χ2v) is 9.66. The molecule has 2 atom stereocenters. The molecule has 0 bridgehead atoms. The third-order valence-electron chi connectivity index (χ3n) is 3.86. The zero-order valence-electron chi connectivity index (χ0n) is 14.1. The standard InChI is InChI=1S/C8H12O3.C7H14O3S/c1-8(2,3)5-4-6(9)11-7(5)10;1-7(2,3)6-4-5-10-11(6,8)9/h5H,4H2,1-3H3;6H,4-5H2,1-3H3. The summed E-state index contributed by atoms with van der Waals surface area (Å²) >= 11 is 0. The van der Waals surface area contributed by atoms with Gasteiger partial charge in [-0.05, 0) is 17.3 Å². The smallest absolute Gasteiger partial charge is 0.317 e. The first kappa shape index (κ1) is 19.1. The van der Waals surface area contributed by atoms with Gasteiger partial charge in [-0.1, -0.05) is 41.5 Å². The highest BCUT2D eigenvalue weighted by atomic mass is 32.2. The Morgan fingerprint density at radius 3 is 1.73 bits per heavy atom. The van der Waals surface area contributed by atoms with E-state index in [1.165, 1.54) is 0 Å². The molecule has 6 nitrogen and oxygen atoms in total. The summed E-state index contributed by atoms with van der Waals surface area (Å²) in [5, 5.41) is -0.324. The summed E-state index contributed by atoms with van der Waals surface area (Å²) in [5.41, 5.74) is -0.363. The SMILES string of the molecule is CC(C)(C)C1CC(=O)OC1=O.CC(C)(C)C1CCOS1(=O)=O. The van der Waals surface area contributed by atoms with E-state index in [0.29, 0.717) is 13.0 Å². The Kier molecular flexibility index (Phi) is 5.45. The number of carbonyl (C=O) groups is 2. The summed E-state index contributed by atoms with van der Waals surface area (Å²) in [6, 6.07) is 0. The molecule has 0 aromatic heterocycles. The van der Waals surface area contributed by atoms with Gasteiger partial charge >= 0.3 is 11.9 Å². The fourth-order valence-corrected chi connectivity index (χ4v) is 4.24. The zero-order chi connectivity index (χ0) is 17.3. The molecule has 0 N–H and O–H groups in total. The molecule has 0 aliphatic carbocycles. The van der Waals surface area contributed by atoms with Crippen LogP contribution in [-0.2, 0) is 28.6 Å². The lowest BCUT2D eigenvalue weighted by Gasteiger charge is -2.23. The van der Waals surface area contributed by atoms with Gasteiger partial charge in [-0.2, -0.15) is 8.42 Å². The van der Waals surface area contributed by atoms with Crippen LogP contribution in [0.25, 0.3) is 0 Å². The molecule has 128 valence electrons. The monoisotopic (exact) mass is 334 g/mol. The van der Waals surface area contributed by atoms with Crippen LogP contribution in [0.3, 0.4) is 0 Å². The van der Waals surface area contributed by atoms with Gasteiger partial charge in [0, 0.05) is 0 Å². The van der Waals surface area contributed by atoms with Crippen LogP contribution < -0.4 is 0 Å². The molecule has 0 aromatic carbocycles. The van der Waals surface area contributed by atoms with E-state index in [1.54, 1.807) is 0 Å². The van der Waals surface area contributed by atoms with Crippen molar-refractivity contribution in [1.82, 2.24) is 0 Å². The van der Waals surface area contributed by atoms with E-state index in [0.717, 1.165) is 0 Å². The average molecular weight is 334 g/mol. The molecular formula is C15H26O6S. The van der Waals surface area contributed by atoms with E-state index in [4.69, 9.17) is 0 Å². The van der Waals surface area contributed by atoms with Crippen LogP contribution in [0.4, 0.5) is 0 Å². The molecule has 2 rings (SSSR count). The summed E-state index contributed by atoms with van der Waals surface area (Å²) in [6.45, 7) is 11.9. The van der Waals surface area contributed by atoms with Crippen LogP contribution in [0.15, 0.2) is 0 Å². The molecule has 0 saturated carbocycles. The molecule has 2 aliphatic rings. The molecule has 2 fully saturated rings. The molecule has 0 spiro atoms. The predicted octanol–water partition coefficient (Wildman–Crippen LogP) is 2.27. The molecule has 2 unspecified atom stereocenters. The predicted molar refractivity (Wildman–Crippen MR) is 81.4 cm³/mol. The fourth-order valence-electron chi connectivity index (χ4n) is 2.50. The first-order valence-corrected chi connectivity index (χ1v) is 8.85. The van der Waals surface area contributed by atoms with E-state index in [2.05, 4.69) is 8.92 Å². The van der Waals surface area contributed by atoms with Gasteiger partial charge in [0.1, 0.15) is 0 Å². The molecular weight excluding hydrogens is 308 g/mol. The number of ether oxygens (including phenoxy) is 1. The third kappa shape index (κ3) is 4.78. The molecule has 22 heavy (non-hydrogen) atoms. The highest BCUT2D eigenvalue weighted by Crippen LogP contribution is 2.34. The summed E-state index contributed by atoms with van der Waals surface area (Å²) in [5.74, 6) is -1.02. The van der Waals surface area contributed by atoms with Crippen LogP contribution in [0.2, 0.25) is 0 Å². The van der Waals surface area contributed by atoms with E-state index >= 15 is 0 Å². The lowest BCUT2D eigenvalue weighted by molar-refractivity contribution is -0.154. The Bertz CT molecular complexity index is 535. The Labute approximate surface area is 132 Å². The number of hydrogen-bond acceptors (Lipinski definition) is 6. The fraction of sp³-hybridized carbons (Fsp3) is 0.867. The second kappa shape index (κ2) is 6.28. The van der Waals surface area contributed by atoms with Gasteiger partial charge in [-0.25, -0.2) is 0 Å². The number of esters is 2. The lowest BCUT2D eigenvalue weighted by Crippen LogP contribution is -2.30. The molecule has 7 heteroatoms. The van der Waals surface area contributed by atoms with Crippen molar-refractivity contribution < 1.29 is 26.9 Å². The maximum atomic E-state index is 11.2. The van der Waals surface area contributed by atoms with E-state index < -0.39 is 16.1 Å². The Hall–Kier alpha value is -0.950. The van der Waals surface area contributed by atoms with Gasteiger partial charge in [-0.15, -0.1) is 0 Å². The van der Waals surface area contributed by atoms with Gasteiger partial charge in [0.25, 0.3) is 10.1 Å². The van der Waals surface area contributed by atoms with Crippen LogP contribution in [-0.4, -0.2) is 32.2 Å². The average Bonchev–Trinajstić information content (AvgIpc) is 2.80. The highest BCUT2D eigenvalue weighted by Gasteiger charge is 2.42. The number of carbonyl (C=O) groups excluding carboxylic acids is 2. The topological polar surface area (TPSA) is 86.7 Å². The number of cyclic esters (lactones) is 2. The van der Waals surface area contributed by atoms with Gasteiger partial charge in [0.15, 0.2) is 0 Å². The van der Waals surface area contributed by atoms with E-state index in [9.17, 15) is 18.0 Å². The summed E-state index contributed by atoms with van der Waals surface area (Å²) in [4.78, 5) is 21.7. The van der Waals surface area contributed by atoms with Gasteiger partial charge in [0.05, 0.1) is 24.2 Å². The van der Waals surface area contributed by atoms with Crippen molar-refractivity contribution in [2.75, 3.05) is 6.61 Å². The summed E-state index contributed by atoms with van der Waals surface area (Å²) < 4.78 is 31.4. The molecule has 2 aliphatic heterocycles. The highest BCUT2D eigenvalue weighted by molar-refractivity contribution is 7.87. The van der Waals surface area contributed by atoms with Crippen LogP contribution in [0, 0.1) is 16.7 Å². The second-order valence-electron chi connectivity index (χ2n) is 7.87. The van der Waals surface area contributed by atoms with Crippen molar-refractivity contribution in [3.63, 3.8) is 0 Å². The number of hydrogen-bond donors (Lipinski definition) is 0. The normalized spacial score (nSPS) is 28.1. The Morgan fingerprint density at radius 1 is 1.00 bits per heavy atom. The molecule has 2 heterocycles. The van der Waals surface area contributed by atoms with Gasteiger partial charge in [-0.3, -0.25) is 13.8 Å². The zero-order valence-corrected chi connectivity index (χ0v) is 15.0. The molecule has 2 saturated heterocycles. The van der Waals surface area contributed by atoms with E-state index in [-0.39, 0.29) is 34.4 Å². The van der Waals surface area contributed by atoms with Crippen molar-refractivity contribution >= 4 is 22.1 Å². The van der Waals surface area contributed by atoms with Crippen molar-refractivity contribution in [3.8, 4) is 0 Å². The number of rotatable bonds is 0. The minimum atomic E-state index is -3.24. The molecule has 0 radical (unpaired) electrons. The lowest BCUT2D eigenvalue weighted by atomic mass is 9.80. The molecule has 0 amide bonds. The Morgan fingerprint density at radius 2 is 1.55 bits per heavy atom. The van der Waals surface area contributed by atoms with E-state index in [1.807, 2.05) is 41.5 Å².